The van der Waals surface area contributed by atoms with Gasteiger partial charge in [0.25, 0.3) is 5.91 Å². The molecular formula is C20H23ClN2O4. The van der Waals surface area contributed by atoms with Gasteiger partial charge in [-0.1, -0.05) is 29.8 Å². The number of rotatable bonds is 9. The van der Waals surface area contributed by atoms with E-state index < -0.39 is 0 Å². The summed E-state index contributed by atoms with van der Waals surface area (Å²) in [5.41, 5.74) is 1.40. The van der Waals surface area contributed by atoms with Gasteiger partial charge in [0, 0.05) is 30.1 Å². The fourth-order valence-electron chi connectivity index (χ4n) is 2.50. The Morgan fingerprint density at radius 1 is 0.963 bits per heavy atom. The monoisotopic (exact) mass is 390 g/mol. The molecule has 144 valence electrons. The van der Waals surface area contributed by atoms with Gasteiger partial charge in [0.1, 0.15) is 0 Å². The summed E-state index contributed by atoms with van der Waals surface area (Å²) in [4.78, 5) is 24.1. The number of methoxy groups -OCH3 is 2. The molecule has 0 bridgehead atoms. The lowest BCUT2D eigenvalue weighted by molar-refractivity contribution is -0.121. The van der Waals surface area contributed by atoms with Gasteiger partial charge in [-0.3, -0.25) is 9.59 Å². The number of aryl methyl sites for hydroxylation is 1. The number of benzene rings is 2. The first kappa shape index (κ1) is 20.6. The van der Waals surface area contributed by atoms with Crippen LogP contribution in [0.1, 0.15) is 22.3 Å². The predicted octanol–water partition coefficient (Wildman–Crippen LogP) is 2.84. The van der Waals surface area contributed by atoms with Crippen molar-refractivity contribution in [3.63, 3.8) is 0 Å². The predicted molar refractivity (Wildman–Crippen MR) is 105 cm³/mol. The highest BCUT2D eigenvalue weighted by atomic mass is 35.5. The maximum Gasteiger partial charge on any atom is 0.251 e. The van der Waals surface area contributed by atoms with Crippen molar-refractivity contribution < 1.29 is 19.1 Å². The summed E-state index contributed by atoms with van der Waals surface area (Å²) in [5.74, 6) is 0.703. The van der Waals surface area contributed by atoms with Crippen molar-refractivity contribution in [2.24, 2.45) is 0 Å². The van der Waals surface area contributed by atoms with Crippen LogP contribution in [0.25, 0.3) is 0 Å². The van der Waals surface area contributed by atoms with E-state index >= 15 is 0 Å². The highest BCUT2D eigenvalue weighted by molar-refractivity contribution is 6.31. The summed E-state index contributed by atoms with van der Waals surface area (Å²) >= 11 is 6.07. The van der Waals surface area contributed by atoms with Crippen LogP contribution in [0, 0.1) is 0 Å². The molecule has 0 radical (unpaired) electrons. The second-order valence-corrected chi connectivity index (χ2v) is 6.17. The van der Waals surface area contributed by atoms with Gasteiger partial charge in [-0.2, -0.15) is 0 Å². The zero-order chi connectivity index (χ0) is 19.6. The SMILES string of the molecule is COc1ccc(C(=O)NCCNC(=O)CCc2ccccc2Cl)cc1OC. The Hall–Kier alpha value is -2.73. The molecule has 2 aromatic carbocycles. The summed E-state index contributed by atoms with van der Waals surface area (Å²) < 4.78 is 10.3. The lowest BCUT2D eigenvalue weighted by Crippen LogP contribution is -2.34. The molecule has 6 nitrogen and oxygen atoms in total. The highest BCUT2D eigenvalue weighted by Crippen LogP contribution is 2.27. The second kappa shape index (κ2) is 10.4. The zero-order valence-electron chi connectivity index (χ0n) is 15.4. The van der Waals surface area contributed by atoms with Gasteiger partial charge in [-0.05, 0) is 36.2 Å². The number of carbonyl (C=O) groups excluding carboxylic acids is 2. The topological polar surface area (TPSA) is 76.7 Å². The molecule has 0 heterocycles. The van der Waals surface area contributed by atoms with Gasteiger partial charge >= 0.3 is 0 Å². The van der Waals surface area contributed by atoms with Crippen molar-refractivity contribution in [2.45, 2.75) is 12.8 Å². The molecule has 2 amide bonds. The Labute approximate surface area is 163 Å². The molecule has 2 rings (SSSR count). The van der Waals surface area contributed by atoms with Crippen LogP contribution in [0.3, 0.4) is 0 Å². The summed E-state index contributed by atoms with van der Waals surface area (Å²) in [7, 11) is 3.05. The number of hydrogen-bond donors (Lipinski definition) is 2. The zero-order valence-corrected chi connectivity index (χ0v) is 16.1. The molecule has 0 spiro atoms. The molecule has 0 atom stereocenters. The molecule has 0 unspecified atom stereocenters. The second-order valence-electron chi connectivity index (χ2n) is 5.77. The number of halogens is 1. The third-order valence-electron chi connectivity index (χ3n) is 3.96. The van der Waals surface area contributed by atoms with E-state index in [9.17, 15) is 9.59 Å². The van der Waals surface area contributed by atoms with Crippen LogP contribution in [-0.2, 0) is 11.2 Å². The number of carbonyl (C=O) groups is 2. The minimum atomic E-state index is -0.249. The largest absolute Gasteiger partial charge is 0.493 e. The van der Waals surface area contributed by atoms with Crippen molar-refractivity contribution in [2.75, 3.05) is 27.3 Å². The summed E-state index contributed by atoms with van der Waals surface area (Å²) in [6, 6.07) is 12.4. The lowest BCUT2D eigenvalue weighted by atomic mass is 10.1. The van der Waals surface area contributed by atoms with Crippen molar-refractivity contribution in [3.05, 3.63) is 58.6 Å². The molecule has 2 N–H and O–H groups in total. The van der Waals surface area contributed by atoms with E-state index in [2.05, 4.69) is 10.6 Å². The fourth-order valence-corrected chi connectivity index (χ4v) is 2.73. The molecule has 0 aliphatic carbocycles. The van der Waals surface area contributed by atoms with Crippen LogP contribution < -0.4 is 20.1 Å². The highest BCUT2D eigenvalue weighted by Gasteiger charge is 2.10. The standard InChI is InChI=1S/C20H23ClN2O4/c1-26-17-9-7-15(13-18(17)27-2)20(25)23-12-11-22-19(24)10-8-14-5-3-4-6-16(14)21/h3-7,9,13H,8,10-12H2,1-2H3,(H,22,24)(H,23,25). The molecule has 0 aliphatic rings. The van der Waals surface area contributed by atoms with Gasteiger partial charge < -0.3 is 20.1 Å². The number of hydrogen-bond acceptors (Lipinski definition) is 4. The molecule has 0 saturated carbocycles. The quantitative estimate of drug-likeness (QED) is 0.645. The van der Waals surface area contributed by atoms with Crippen molar-refractivity contribution in [3.8, 4) is 11.5 Å². The summed E-state index contributed by atoms with van der Waals surface area (Å²) in [5, 5.41) is 6.19. The molecule has 0 fully saturated rings. The van der Waals surface area contributed by atoms with Crippen molar-refractivity contribution >= 4 is 23.4 Å². The normalized spacial score (nSPS) is 10.2. The fraction of sp³-hybridized carbons (Fsp3) is 0.300. The third-order valence-corrected chi connectivity index (χ3v) is 4.33. The van der Waals surface area contributed by atoms with E-state index in [1.807, 2.05) is 18.2 Å². The van der Waals surface area contributed by atoms with E-state index in [-0.39, 0.29) is 11.8 Å². The van der Waals surface area contributed by atoms with Crippen LogP contribution >= 0.6 is 11.6 Å². The number of ether oxygens (including phenoxy) is 2. The molecular weight excluding hydrogens is 368 g/mol. The average Bonchev–Trinajstić information content (AvgIpc) is 2.69. The first-order valence-electron chi connectivity index (χ1n) is 8.55. The van der Waals surface area contributed by atoms with Crippen LogP contribution in [0.2, 0.25) is 5.02 Å². The lowest BCUT2D eigenvalue weighted by Gasteiger charge is -2.10. The Kier molecular flexibility index (Phi) is 7.95. The summed E-state index contributed by atoms with van der Waals surface area (Å²) in [6.07, 6.45) is 0.914. The molecule has 2 aromatic rings. The van der Waals surface area contributed by atoms with Crippen molar-refractivity contribution in [1.82, 2.24) is 10.6 Å². The maximum atomic E-state index is 12.2. The Morgan fingerprint density at radius 3 is 2.37 bits per heavy atom. The van der Waals surface area contributed by atoms with Crippen molar-refractivity contribution in [1.29, 1.82) is 0 Å². The number of amides is 2. The van der Waals surface area contributed by atoms with Gasteiger partial charge in [-0.25, -0.2) is 0 Å². The minimum absolute atomic E-state index is 0.0877. The molecule has 7 heteroatoms. The average molecular weight is 391 g/mol. The maximum absolute atomic E-state index is 12.2. The Bertz CT molecular complexity index is 795. The van der Waals surface area contributed by atoms with Gasteiger partial charge in [0.05, 0.1) is 14.2 Å². The Morgan fingerprint density at radius 2 is 1.67 bits per heavy atom. The van der Waals surface area contributed by atoms with E-state index in [1.54, 1.807) is 24.3 Å². The summed E-state index contributed by atoms with van der Waals surface area (Å²) in [6.45, 7) is 0.672. The van der Waals surface area contributed by atoms with Gasteiger partial charge in [0.15, 0.2) is 11.5 Å². The van der Waals surface area contributed by atoms with Gasteiger partial charge in [-0.15, -0.1) is 0 Å². The number of nitrogens with one attached hydrogen (secondary N) is 2. The Balaban J connectivity index is 1.72. The van der Waals surface area contributed by atoms with Crippen LogP contribution in [0.4, 0.5) is 0 Å². The first-order chi connectivity index (χ1) is 13.0. The third kappa shape index (κ3) is 6.18. The van der Waals surface area contributed by atoms with Crippen LogP contribution in [0.15, 0.2) is 42.5 Å². The van der Waals surface area contributed by atoms with Crippen LogP contribution in [0.5, 0.6) is 11.5 Å². The van der Waals surface area contributed by atoms with E-state index in [0.29, 0.717) is 48.0 Å². The first-order valence-corrected chi connectivity index (χ1v) is 8.93. The minimum Gasteiger partial charge on any atom is -0.493 e. The smallest absolute Gasteiger partial charge is 0.251 e. The molecule has 0 saturated heterocycles. The van der Waals surface area contributed by atoms with Gasteiger partial charge in [0.2, 0.25) is 5.91 Å². The van der Waals surface area contributed by atoms with Crippen LogP contribution in [-0.4, -0.2) is 39.1 Å². The van der Waals surface area contributed by atoms with E-state index in [1.165, 1.54) is 14.2 Å². The van der Waals surface area contributed by atoms with E-state index in [0.717, 1.165) is 5.56 Å². The molecule has 27 heavy (non-hydrogen) atoms. The molecule has 0 aromatic heterocycles. The van der Waals surface area contributed by atoms with E-state index in [4.69, 9.17) is 21.1 Å². The molecule has 0 aliphatic heterocycles.